The summed E-state index contributed by atoms with van der Waals surface area (Å²) < 4.78 is 0. The average Bonchev–Trinajstić information content (AvgIpc) is 2.52. The van der Waals surface area contributed by atoms with Gasteiger partial charge in [-0.2, -0.15) is 0 Å². The van der Waals surface area contributed by atoms with Crippen LogP contribution in [-0.2, 0) is 0 Å². The van der Waals surface area contributed by atoms with Crippen LogP contribution in [0.15, 0.2) is 12.7 Å². The van der Waals surface area contributed by atoms with Gasteiger partial charge in [0.1, 0.15) is 0 Å². The van der Waals surface area contributed by atoms with Crippen LogP contribution in [0.5, 0.6) is 0 Å². The fraction of sp³-hybridized carbons (Fsp3) is 0.600. The van der Waals surface area contributed by atoms with Crippen molar-refractivity contribution in [3.05, 3.63) is 12.7 Å². The van der Waals surface area contributed by atoms with E-state index in [0.717, 1.165) is 6.42 Å². The molecule has 0 N–H and O–H groups in total. The second-order valence-electron chi connectivity index (χ2n) is 2.95. The summed E-state index contributed by atoms with van der Waals surface area (Å²) in [6.07, 6.45) is 10.8. The van der Waals surface area contributed by atoms with E-state index >= 15 is 0 Å². The lowest BCUT2D eigenvalue weighted by Crippen LogP contribution is -2.30. The zero-order valence-corrected chi connectivity index (χ0v) is 6.92. The first-order valence-corrected chi connectivity index (χ1v) is 4.19. The van der Waals surface area contributed by atoms with Crippen molar-refractivity contribution in [2.75, 3.05) is 13.1 Å². The minimum Gasteiger partial charge on any atom is -0.290 e. The molecule has 1 atom stereocenters. The van der Waals surface area contributed by atoms with E-state index < -0.39 is 0 Å². The van der Waals surface area contributed by atoms with E-state index in [0.29, 0.717) is 6.04 Å². The van der Waals surface area contributed by atoms with Crippen LogP contribution < -0.4 is 0 Å². The average molecular weight is 149 g/mol. The molecule has 1 aliphatic rings. The predicted octanol–water partition coefficient (Wildman–Crippen LogP) is 1.66. The molecule has 1 heterocycles. The van der Waals surface area contributed by atoms with Crippen molar-refractivity contribution >= 4 is 0 Å². The molecule has 0 aliphatic carbocycles. The molecule has 11 heavy (non-hydrogen) atoms. The Morgan fingerprint density at radius 3 is 2.64 bits per heavy atom. The van der Waals surface area contributed by atoms with E-state index in [1.165, 1.54) is 25.9 Å². The van der Waals surface area contributed by atoms with Crippen molar-refractivity contribution in [1.82, 2.24) is 4.90 Å². The second-order valence-corrected chi connectivity index (χ2v) is 2.95. The Bertz CT molecular complexity index is 160. The van der Waals surface area contributed by atoms with Crippen LogP contribution in [0.4, 0.5) is 0 Å². The maximum Gasteiger partial charge on any atom is 0.0746 e. The molecule has 1 nitrogen and oxygen atoms in total. The van der Waals surface area contributed by atoms with Crippen molar-refractivity contribution in [2.24, 2.45) is 0 Å². The molecule has 0 radical (unpaired) electrons. The summed E-state index contributed by atoms with van der Waals surface area (Å²) in [6, 6.07) is 0.301. The number of nitrogens with zero attached hydrogens (tertiary/aromatic N) is 1. The molecule has 0 saturated carbocycles. The van der Waals surface area contributed by atoms with Gasteiger partial charge in [-0.25, -0.2) is 0 Å². The van der Waals surface area contributed by atoms with Gasteiger partial charge in [-0.1, -0.05) is 12.0 Å². The van der Waals surface area contributed by atoms with Crippen molar-refractivity contribution in [3.63, 3.8) is 0 Å². The molecule has 1 saturated heterocycles. The number of hydrogen-bond donors (Lipinski definition) is 0. The molecule has 1 rings (SSSR count). The smallest absolute Gasteiger partial charge is 0.0746 e. The Morgan fingerprint density at radius 2 is 2.18 bits per heavy atom. The first-order valence-electron chi connectivity index (χ1n) is 4.19. The fourth-order valence-electron chi connectivity index (χ4n) is 1.53. The summed E-state index contributed by atoms with van der Waals surface area (Å²) in [6.45, 7) is 6.04. The Morgan fingerprint density at radius 1 is 1.55 bits per heavy atom. The largest absolute Gasteiger partial charge is 0.290 e. The van der Waals surface area contributed by atoms with Gasteiger partial charge in [-0.15, -0.1) is 13.0 Å². The highest BCUT2D eigenvalue weighted by Gasteiger charge is 2.18. The number of terminal acetylenes is 1. The van der Waals surface area contributed by atoms with Crippen molar-refractivity contribution in [1.29, 1.82) is 0 Å². The molecule has 1 heteroatoms. The van der Waals surface area contributed by atoms with Crippen LogP contribution in [0, 0.1) is 12.3 Å². The van der Waals surface area contributed by atoms with Gasteiger partial charge < -0.3 is 0 Å². The molecule has 0 aromatic heterocycles. The Balaban J connectivity index is 2.41. The first kappa shape index (κ1) is 8.36. The summed E-state index contributed by atoms with van der Waals surface area (Å²) in [4.78, 5) is 2.36. The van der Waals surface area contributed by atoms with Crippen molar-refractivity contribution in [2.45, 2.75) is 25.3 Å². The summed E-state index contributed by atoms with van der Waals surface area (Å²) >= 11 is 0. The highest BCUT2D eigenvalue weighted by atomic mass is 15.2. The lowest BCUT2D eigenvalue weighted by atomic mass is 10.2. The van der Waals surface area contributed by atoms with E-state index in [1.807, 2.05) is 6.08 Å². The second kappa shape index (κ2) is 4.20. The van der Waals surface area contributed by atoms with Gasteiger partial charge in [-0.3, -0.25) is 4.90 Å². The molecule has 60 valence electrons. The molecule has 0 spiro atoms. The third kappa shape index (κ3) is 2.10. The standard InChI is InChI=1S/C10H15N/c1-3-7-10(4-2)11-8-5-6-9-11/h2-3,10H,1,5-9H2. The number of hydrogen-bond acceptors (Lipinski definition) is 1. The highest BCUT2D eigenvalue weighted by Crippen LogP contribution is 2.13. The number of rotatable bonds is 3. The molecular formula is C10H15N. The van der Waals surface area contributed by atoms with E-state index in [1.54, 1.807) is 0 Å². The summed E-state index contributed by atoms with van der Waals surface area (Å²) in [7, 11) is 0. The predicted molar refractivity (Wildman–Crippen MR) is 48.2 cm³/mol. The third-order valence-corrected chi connectivity index (χ3v) is 2.16. The van der Waals surface area contributed by atoms with Gasteiger partial charge in [0.25, 0.3) is 0 Å². The van der Waals surface area contributed by atoms with Gasteiger partial charge in [-0.05, 0) is 32.4 Å². The Labute approximate surface area is 69.1 Å². The molecule has 1 aliphatic heterocycles. The molecule has 0 aromatic rings. The van der Waals surface area contributed by atoms with E-state index in [2.05, 4.69) is 17.4 Å². The minimum absolute atomic E-state index is 0.301. The fourth-order valence-corrected chi connectivity index (χ4v) is 1.53. The molecule has 0 bridgehead atoms. The minimum atomic E-state index is 0.301. The van der Waals surface area contributed by atoms with E-state index in [-0.39, 0.29) is 0 Å². The summed E-state index contributed by atoms with van der Waals surface area (Å²) in [5.41, 5.74) is 0. The third-order valence-electron chi connectivity index (χ3n) is 2.16. The van der Waals surface area contributed by atoms with Crippen LogP contribution in [0.3, 0.4) is 0 Å². The maximum absolute atomic E-state index is 5.40. The van der Waals surface area contributed by atoms with Crippen molar-refractivity contribution < 1.29 is 0 Å². The maximum atomic E-state index is 5.40. The lowest BCUT2D eigenvalue weighted by molar-refractivity contribution is 0.293. The van der Waals surface area contributed by atoms with Crippen LogP contribution in [0.25, 0.3) is 0 Å². The van der Waals surface area contributed by atoms with E-state index in [9.17, 15) is 0 Å². The highest BCUT2D eigenvalue weighted by molar-refractivity contribution is 5.03. The SMILES string of the molecule is C#CC(CC=C)N1CCCC1. The Hall–Kier alpha value is -0.740. The zero-order valence-electron chi connectivity index (χ0n) is 6.92. The van der Waals surface area contributed by atoms with Crippen molar-refractivity contribution in [3.8, 4) is 12.3 Å². The van der Waals surface area contributed by atoms with Gasteiger partial charge in [0.05, 0.1) is 6.04 Å². The lowest BCUT2D eigenvalue weighted by Gasteiger charge is -2.20. The quantitative estimate of drug-likeness (QED) is 0.436. The number of likely N-dealkylation sites (tertiary alicyclic amines) is 1. The molecular weight excluding hydrogens is 134 g/mol. The van der Waals surface area contributed by atoms with Crippen LogP contribution in [0.2, 0.25) is 0 Å². The van der Waals surface area contributed by atoms with E-state index in [4.69, 9.17) is 6.42 Å². The first-order chi connectivity index (χ1) is 5.38. The van der Waals surface area contributed by atoms with Gasteiger partial charge in [0.2, 0.25) is 0 Å². The molecule has 1 unspecified atom stereocenters. The normalized spacial score (nSPS) is 21.0. The van der Waals surface area contributed by atoms with Gasteiger partial charge in [0, 0.05) is 0 Å². The van der Waals surface area contributed by atoms with Gasteiger partial charge in [0.15, 0.2) is 0 Å². The molecule has 0 amide bonds. The van der Waals surface area contributed by atoms with Crippen LogP contribution in [0.1, 0.15) is 19.3 Å². The summed E-state index contributed by atoms with van der Waals surface area (Å²) in [5, 5.41) is 0. The van der Waals surface area contributed by atoms with Crippen LogP contribution >= 0.6 is 0 Å². The summed E-state index contributed by atoms with van der Waals surface area (Å²) in [5.74, 6) is 2.80. The van der Waals surface area contributed by atoms with Gasteiger partial charge >= 0.3 is 0 Å². The monoisotopic (exact) mass is 149 g/mol. The Kier molecular flexibility index (Phi) is 3.19. The topological polar surface area (TPSA) is 3.24 Å². The molecule has 0 aromatic carbocycles. The molecule has 1 fully saturated rings. The zero-order chi connectivity index (χ0) is 8.10. The van der Waals surface area contributed by atoms with Crippen LogP contribution in [-0.4, -0.2) is 24.0 Å².